The Labute approximate surface area is 229 Å². The molecule has 3 heterocycles. The Bertz CT molecular complexity index is 1410. The molecule has 1 aliphatic rings. The van der Waals surface area contributed by atoms with Crippen LogP contribution in [0.15, 0.2) is 73.1 Å². The van der Waals surface area contributed by atoms with E-state index in [1.54, 1.807) is 19.5 Å². The van der Waals surface area contributed by atoms with Crippen LogP contribution in [0.5, 0.6) is 11.5 Å². The molecule has 0 saturated carbocycles. The van der Waals surface area contributed by atoms with Gasteiger partial charge in [-0.3, -0.25) is 14.5 Å². The predicted molar refractivity (Wildman–Crippen MR) is 148 cm³/mol. The van der Waals surface area contributed by atoms with Crippen molar-refractivity contribution in [3.63, 3.8) is 0 Å². The van der Waals surface area contributed by atoms with Gasteiger partial charge in [0.05, 0.1) is 32.6 Å². The van der Waals surface area contributed by atoms with Gasteiger partial charge in [0.15, 0.2) is 11.5 Å². The van der Waals surface area contributed by atoms with Crippen LogP contribution < -0.4 is 9.47 Å². The SMILES string of the molecule is COc1cc(CN(Cc2cccnc2)C(=O)c2cccc(Cn3nc(C)cc3C)c2)ccc1O[C@@H]1CCOC1. The lowest BCUT2D eigenvalue weighted by Gasteiger charge is -2.24. The number of carbonyl (C=O) groups is 1. The molecule has 0 N–H and O–H groups in total. The number of aromatic nitrogens is 3. The van der Waals surface area contributed by atoms with Crippen LogP contribution in [0, 0.1) is 13.8 Å². The smallest absolute Gasteiger partial charge is 0.254 e. The van der Waals surface area contributed by atoms with Crippen molar-refractivity contribution < 1.29 is 19.0 Å². The van der Waals surface area contributed by atoms with E-state index in [0.717, 1.165) is 34.5 Å². The van der Waals surface area contributed by atoms with Gasteiger partial charge in [-0.1, -0.05) is 24.3 Å². The number of amides is 1. The Balaban J connectivity index is 1.38. The Morgan fingerprint density at radius 2 is 1.87 bits per heavy atom. The first-order valence-electron chi connectivity index (χ1n) is 13.2. The van der Waals surface area contributed by atoms with E-state index in [1.165, 1.54) is 0 Å². The molecule has 202 valence electrons. The van der Waals surface area contributed by atoms with E-state index in [1.807, 2.05) is 78.0 Å². The number of hydrogen-bond acceptors (Lipinski definition) is 6. The summed E-state index contributed by atoms with van der Waals surface area (Å²) < 4.78 is 19.1. The molecule has 1 saturated heterocycles. The molecule has 0 radical (unpaired) electrons. The van der Waals surface area contributed by atoms with E-state index in [4.69, 9.17) is 14.2 Å². The molecule has 5 rings (SSSR count). The lowest BCUT2D eigenvalue weighted by atomic mass is 10.1. The quantitative estimate of drug-likeness (QED) is 0.291. The summed E-state index contributed by atoms with van der Waals surface area (Å²) in [4.78, 5) is 20.0. The molecule has 2 aromatic heterocycles. The van der Waals surface area contributed by atoms with Crippen molar-refractivity contribution in [1.29, 1.82) is 0 Å². The highest BCUT2D eigenvalue weighted by atomic mass is 16.6. The molecule has 1 amide bonds. The van der Waals surface area contributed by atoms with Gasteiger partial charge in [-0.2, -0.15) is 5.10 Å². The molecule has 1 fully saturated rings. The van der Waals surface area contributed by atoms with E-state index in [-0.39, 0.29) is 12.0 Å². The fourth-order valence-corrected chi connectivity index (χ4v) is 4.82. The minimum absolute atomic E-state index is 0.0233. The zero-order chi connectivity index (χ0) is 27.2. The summed E-state index contributed by atoms with van der Waals surface area (Å²) in [7, 11) is 1.63. The normalized spacial score (nSPS) is 14.8. The Hall–Kier alpha value is -4.17. The lowest BCUT2D eigenvalue weighted by Crippen LogP contribution is -2.30. The lowest BCUT2D eigenvalue weighted by molar-refractivity contribution is 0.0729. The molecule has 4 aromatic rings. The van der Waals surface area contributed by atoms with Gasteiger partial charge in [0.1, 0.15) is 6.10 Å². The van der Waals surface area contributed by atoms with E-state index in [0.29, 0.717) is 49.9 Å². The fourth-order valence-electron chi connectivity index (χ4n) is 4.82. The van der Waals surface area contributed by atoms with Gasteiger partial charge in [0.2, 0.25) is 0 Å². The fraction of sp³-hybridized carbons (Fsp3) is 0.323. The number of ether oxygens (including phenoxy) is 3. The topological polar surface area (TPSA) is 78.7 Å². The molecule has 0 bridgehead atoms. The average Bonchev–Trinajstić information content (AvgIpc) is 3.57. The highest BCUT2D eigenvalue weighted by molar-refractivity contribution is 5.94. The summed E-state index contributed by atoms with van der Waals surface area (Å²) in [5, 5.41) is 4.57. The first kappa shape index (κ1) is 26.4. The summed E-state index contributed by atoms with van der Waals surface area (Å²) in [6, 6.07) is 19.5. The number of hydrogen-bond donors (Lipinski definition) is 0. The van der Waals surface area contributed by atoms with E-state index in [9.17, 15) is 4.79 Å². The van der Waals surface area contributed by atoms with Crippen LogP contribution in [0.2, 0.25) is 0 Å². The highest BCUT2D eigenvalue weighted by Crippen LogP contribution is 2.31. The zero-order valence-electron chi connectivity index (χ0n) is 22.7. The van der Waals surface area contributed by atoms with Crippen LogP contribution in [0.4, 0.5) is 0 Å². The van der Waals surface area contributed by atoms with Gasteiger partial charge in [-0.15, -0.1) is 0 Å². The molecule has 1 aliphatic heterocycles. The second-order valence-corrected chi connectivity index (χ2v) is 9.90. The molecule has 8 heteroatoms. The van der Waals surface area contributed by atoms with Gasteiger partial charge in [0.25, 0.3) is 5.91 Å². The first-order valence-corrected chi connectivity index (χ1v) is 13.2. The van der Waals surface area contributed by atoms with Crippen molar-refractivity contribution in [2.24, 2.45) is 0 Å². The minimum atomic E-state index is -0.0588. The van der Waals surface area contributed by atoms with Crippen LogP contribution in [-0.2, 0) is 24.4 Å². The summed E-state index contributed by atoms with van der Waals surface area (Å²) in [6.07, 6.45) is 4.41. The Morgan fingerprint density at radius 1 is 1.03 bits per heavy atom. The predicted octanol–water partition coefficient (Wildman–Crippen LogP) is 4.96. The van der Waals surface area contributed by atoms with Crippen molar-refractivity contribution in [2.75, 3.05) is 20.3 Å². The Kier molecular flexibility index (Phi) is 8.22. The van der Waals surface area contributed by atoms with Gasteiger partial charge >= 0.3 is 0 Å². The second kappa shape index (κ2) is 12.1. The van der Waals surface area contributed by atoms with Crippen molar-refractivity contribution in [1.82, 2.24) is 19.7 Å². The molecule has 0 unspecified atom stereocenters. The molecular weight excluding hydrogens is 492 g/mol. The first-order chi connectivity index (χ1) is 19.0. The second-order valence-electron chi connectivity index (χ2n) is 9.90. The summed E-state index contributed by atoms with van der Waals surface area (Å²) in [5.74, 6) is 1.26. The molecule has 1 atom stereocenters. The largest absolute Gasteiger partial charge is 0.493 e. The number of rotatable bonds is 10. The van der Waals surface area contributed by atoms with Gasteiger partial charge in [-0.05, 0) is 66.9 Å². The van der Waals surface area contributed by atoms with Gasteiger partial charge < -0.3 is 19.1 Å². The number of nitrogens with zero attached hydrogens (tertiary/aromatic N) is 4. The summed E-state index contributed by atoms with van der Waals surface area (Å²) >= 11 is 0. The number of aryl methyl sites for hydroxylation is 2. The molecular formula is C31H34N4O4. The molecule has 0 spiro atoms. The van der Waals surface area contributed by atoms with Crippen molar-refractivity contribution in [3.8, 4) is 11.5 Å². The van der Waals surface area contributed by atoms with Crippen LogP contribution in [-0.4, -0.2) is 52.0 Å². The summed E-state index contributed by atoms with van der Waals surface area (Å²) in [6.45, 7) is 6.74. The monoisotopic (exact) mass is 526 g/mol. The van der Waals surface area contributed by atoms with Crippen LogP contribution in [0.25, 0.3) is 0 Å². The van der Waals surface area contributed by atoms with Crippen LogP contribution >= 0.6 is 0 Å². The maximum absolute atomic E-state index is 13.9. The van der Waals surface area contributed by atoms with E-state index in [2.05, 4.69) is 16.1 Å². The molecule has 8 nitrogen and oxygen atoms in total. The number of benzene rings is 2. The maximum Gasteiger partial charge on any atom is 0.254 e. The molecule has 0 aliphatic carbocycles. The molecule has 2 aromatic carbocycles. The van der Waals surface area contributed by atoms with Crippen molar-refractivity contribution >= 4 is 5.91 Å². The van der Waals surface area contributed by atoms with E-state index >= 15 is 0 Å². The van der Waals surface area contributed by atoms with Crippen molar-refractivity contribution in [3.05, 3.63) is 107 Å². The molecule has 39 heavy (non-hydrogen) atoms. The van der Waals surface area contributed by atoms with Crippen LogP contribution in [0.3, 0.4) is 0 Å². The van der Waals surface area contributed by atoms with E-state index < -0.39 is 0 Å². The maximum atomic E-state index is 13.9. The highest BCUT2D eigenvalue weighted by Gasteiger charge is 2.21. The average molecular weight is 527 g/mol. The minimum Gasteiger partial charge on any atom is -0.493 e. The number of carbonyl (C=O) groups excluding carboxylic acids is 1. The van der Waals surface area contributed by atoms with Crippen molar-refractivity contribution in [2.45, 2.75) is 46.0 Å². The van der Waals surface area contributed by atoms with Gasteiger partial charge in [-0.25, -0.2) is 0 Å². The van der Waals surface area contributed by atoms with Gasteiger partial charge in [0, 0.05) is 43.2 Å². The summed E-state index contributed by atoms with van der Waals surface area (Å²) in [5.41, 5.74) is 5.62. The zero-order valence-corrected chi connectivity index (χ0v) is 22.7. The van der Waals surface area contributed by atoms with Crippen LogP contribution in [0.1, 0.15) is 44.9 Å². The third-order valence-electron chi connectivity index (χ3n) is 6.78. The number of methoxy groups -OCH3 is 1. The number of pyridine rings is 1. The standard InChI is InChI=1S/C31H34N4O4/c1-22-14-23(2)35(33-22)20-24-6-4-8-27(15-24)31(36)34(19-26-7-5-12-32-17-26)18-25-9-10-29(30(16-25)37-3)39-28-11-13-38-21-28/h4-10,12,14-17,28H,11,13,18-21H2,1-3H3/t28-/m1/s1. The third-order valence-corrected chi connectivity index (χ3v) is 6.78. The third kappa shape index (κ3) is 6.64. The Morgan fingerprint density at radius 3 is 2.59 bits per heavy atom.